The average Bonchev–Trinajstić information content (AvgIpc) is 2.61. The van der Waals surface area contributed by atoms with Crippen molar-refractivity contribution in [3.05, 3.63) is 58.9 Å². The van der Waals surface area contributed by atoms with Crippen LogP contribution in [-0.4, -0.2) is 25.5 Å². The summed E-state index contributed by atoms with van der Waals surface area (Å²) in [5, 5.41) is 2.80. The van der Waals surface area contributed by atoms with E-state index in [9.17, 15) is 14.0 Å². The smallest absolute Gasteiger partial charge is 0.255 e. The second-order valence-electron chi connectivity index (χ2n) is 5.82. The molecule has 0 saturated heterocycles. The predicted octanol–water partition coefficient (Wildman–Crippen LogP) is 2.50. The van der Waals surface area contributed by atoms with Gasteiger partial charge in [-0.1, -0.05) is 12.1 Å². The summed E-state index contributed by atoms with van der Waals surface area (Å²) in [5.74, 6) is -0.683. The third-order valence-electron chi connectivity index (χ3n) is 3.84. The summed E-state index contributed by atoms with van der Waals surface area (Å²) < 4.78 is 24.1. The average molecular weight is 360 g/mol. The van der Waals surface area contributed by atoms with Gasteiger partial charge in [-0.2, -0.15) is 0 Å². The summed E-state index contributed by atoms with van der Waals surface area (Å²) >= 11 is 0. The van der Waals surface area contributed by atoms with E-state index in [0.717, 1.165) is 0 Å². The van der Waals surface area contributed by atoms with E-state index in [1.807, 2.05) is 0 Å². The summed E-state index contributed by atoms with van der Waals surface area (Å²) in [5.41, 5.74) is 6.59. The summed E-state index contributed by atoms with van der Waals surface area (Å²) in [4.78, 5) is 23.3. The van der Waals surface area contributed by atoms with Crippen LogP contribution in [0, 0.1) is 12.7 Å². The molecule has 0 aromatic heterocycles. The summed E-state index contributed by atoms with van der Waals surface area (Å²) in [6, 6.07) is 9.01. The Balaban J connectivity index is 2.13. The molecule has 0 saturated carbocycles. The number of ether oxygens (including phenoxy) is 2. The lowest BCUT2D eigenvalue weighted by Gasteiger charge is -2.16. The van der Waals surface area contributed by atoms with Gasteiger partial charge in [-0.25, -0.2) is 4.39 Å². The number of nitrogens with one attached hydrogen (secondary N) is 1. The molecular formula is C19H21FN2O4. The van der Waals surface area contributed by atoms with Crippen LogP contribution in [0.2, 0.25) is 0 Å². The molecule has 2 amide bonds. The van der Waals surface area contributed by atoms with Gasteiger partial charge in [-0.05, 0) is 49.2 Å². The highest BCUT2D eigenvalue weighted by molar-refractivity contribution is 5.95. The van der Waals surface area contributed by atoms with Crippen LogP contribution in [0.1, 0.15) is 34.5 Å². The molecule has 2 rings (SSSR count). The van der Waals surface area contributed by atoms with Gasteiger partial charge in [0.2, 0.25) is 0 Å². The molecule has 138 valence electrons. The first-order valence-corrected chi connectivity index (χ1v) is 7.98. The van der Waals surface area contributed by atoms with Crippen molar-refractivity contribution in [1.29, 1.82) is 0 Å². The molecule has 1 unspecified atom stereocenters. The highest BCUT2D eigenvalue weighted by atomic mass is 19.1. The number of carbonyl (C=O) groups excluding carboxylic acids is 2. The van der Waals surface area contributed by atoms with E-state index in [2.05, 4.69) is 5.32 Å². The molecule has 2 aromatic rings. The maximum atomic E-state index is 13.7. The van der Waals surface area contributed by atoms with Crippen molar-refractivity contribution in [2.24, 2.45) is 5.73 Å². The maximum absolute atomic E-state index is 13.7. The Morgan fingerprint density at radius 3 is 2.54 bits per heavy atom. The molecule has 6 nitrogen and oxygen atoms in total. The molecule has 0 aliphatic heterocycles. The van der Waals surface area contributed by atoms with Crippen molar-refractivity contribution >= 4 is 11.8 Å². The molecule has 0 radical (unpaired) electrons. The van der Waals surface area contributed by atoms with Gasteiger partial charge in [0.05, 0.1) is 13.2 Å². The van der Waals surface area contributed by atoms with Gasteiger partial charge in [0.1, 0.15) is 5.82 Å². The number of nitrogens with two attached hydrogens (primary N) is 1. The van der Waals surface area contributed by atoms with Gasteiger partial charge < -0.3 is 20.5 Å². The Hall–Kier alpha value is -3.09. The topological polar surface area (TPSA) is 90.7 Å². The zero-order chi connectivity index (χ0) is 19.3. The molecular weight excluding hydrogens is 339 g/mol. The van der Waals surface area contributed by atoms with Gasteiger partial charge >= 0.3 is 0 Å². The Morgan fingerprint density at radius 2 is 1.92 bits per heavy atom. The molecule has 0 bridgehead atoms. The zero-order valence-electron chi connectivity index (χ0n) is 14.8. The van der Waals surface area contributed by atoms with Crippen molar-refractivity contribution < 1.29 is 23.5 Å². The first kappa shape index (κ1) is 19.2. The molecule has 0 aliphatic rings. The van der Waals surface area contributed by atoms with Crippen LogP contribution in [0.4, 0.5) is 4.39 Å². The van der Waals surface area contributed by atoms with Crippen molar-refractivity contribution in [3.63, 3.8) is 0 Å². The number of aryl methyl sites for hydroxylation is 1. The van der Waals surface area contributed by atoms with Gasteiger partial charge in [0.15, 0.2) is 18.1 Å². The number of halogens is 1. The van der Waals surface area contributed by atoms with Crippen LogP contribution in [-0.2, 0) is 4.79 Å². The predicted molar refractivity (Wildman–Crippen MR) is 94.7 cm³/mol. The number of methoxy groups -OCH3 is 1. The molecule has 0 heterocycles. The first-order chi connectivity index (χ1) is 12.3. The van der Waals surface area contributed by atoms with Gasteiger partial charge in [-0.15, -0.1) is 0 Å². The number of hydrogen-bond acceptors (Lipinski definition) is 4. The SMILES string of the molecule is COc1cc(C(=O)NC(C)c2ccc(C)c(F)c2)ccc1OCC(N)=O. The Labute approximate surface area is 151 Å². The molecule has 1 atom stereocenters. The highest BCUT2D eigenvalue weighted by Crippen LogP contribution is 2.28. The number of benzene rings is 2. The second kappa shape index (κ2) is 8.33. The number of primary amides is 1. The van der Waals surface area contributed by atoms with Gasteiger partial charge in [0.25, 0.3) is 11.8 Å². The quantitative estimate of drug-likeness (QED) is 0.794. The van der Waals surface area contributed by atoms with Gasteiger partial charge in [0, 0.05) is 5.56 Å². The minimum absolute atomic E-state index is 0.294. The standard InChI is InChI=1S/C19H21FN2O4/c1-11-4-5-13(8-15(11)20)12(2)22-19(24)14-6-7-16(17(9-14)25-3)26-10-18(21)23/h4-9,12H,10H2,1-3H3,(H2,21,23)(H,22,24). The van der Waals surface area contributed by atoms with Crippen molar-refractivity contribution in [2.45, 2.75) is 19.9 Å². The number of amides is 2. The largest absolute Gasteiger partial charge is 0.493 e. The van der Waals surface area contributed by atoms with Crippen LogP contribution >= 0.6 is 0 Å². The molecule has 2 aromatic carbocycles. The molecule has 0 fully saturated rings. The molecule has 0 spiro atoms. The monoisotopic (exact) mass is 360 g/mol. The summed E-state index contributed by atoms with van der Waals surface area (Å²) in [6.07, 6.45) is 0. The number of carbonyl (C=O) groups is 2. The van der Waals surface area contributed by atoms with E-state index in [-0.39, 0.29) is 24.4 Å². The van der Waals surface area contributed by atoms with E-state index >= 15 is 0 Å². The normalized spacial score (nSPS) is 11.5. The Bertz CT molecular complexity index is 823. The molecule has 0 aliphatic carbocycles. The van der Waals surface area contributed by atoms with Crippen LogP contribution in [0.3, 0.4) is 0 Å². The lowest BCUT2D eigenvalue weighted by molar-refractivity contribution is -0.119. The lowest BCUT2D eigenvalue weighted by Crippen LogP contribution is -2.26. The van der Waals surface area contributed by atoms with Gasteiger partial charge in [-0.3, -0.25) is 9.59 Å². The van der Waals surface area contributed by atoms with Crippen LogP contribution in [0.25, 0.3) is 0 Å². The van der Waals surface area contributed by atoms with Crippen LogP contribution in [0.15, 0.2) is 36.4 Å². The fraction of sp³-hybridized carbons (Fsp3) is 0.263. The highest BCUT2D eigenvalue weighted by Gasteiger charge is 2.15. The van der Waals surface area contributed by atoms with E-state index in [1.165, 1.54) is 31.4 Å². The second-order valence-corrected chi connectivity index (χ2v) is 5.82. The third-order valence-corrected chi connectivity index (χ3v) is 3.84. The lowest BCUT2D eigenvalue weighted by atomic mass is 10.1. The summed E-state index contributed by atoms with van der Waals surface area (Å²) in [6.45, 7) is 3.15. The van der Waals surface area contributed by atoms with E-state index in [4.69, 9.17) is 15.2 Å². The van der Waals surface area contributed by atoms with E-state index in [1.54, 1.807) is 26.0 Å². The van der Waals surface area contributed by atoms with Crippen LogP contribution < -0.4 is 20.5 Å². The molecule has 7 heteroatoms. The zero-order valence-corrected chi connectivity index (χ0v) is 14.8. The van der Waals surface area contributed by atoms with Crippen LogP contribution in [0.5, 0.6) is 11.5 Å². The van der Waals surface area contributed by atoms with E-state index in [0.29, 0.717) is 28.2 Å². The minimum Gasteiger partial charge on any atom is -0.493 e. The van der Waals surface area contributed by atoms with E-state index < -0.39 is 5.91 Å². The first-order valence-electron chi connectivity index (χ1n) is 7.98. The Morgan fingerprint density at radius 1 is 1.19 bits per heavy atom. The van der Waals surface area contributed by atoms with Crippen molar-refractivity contribution in [3.8, 4) is 11.5 Å². The molecule has 3 N–H and O–H groups in total. The van der Waals surface area contributed by atoms with Crippen molar-refractivity contribution in [2.75, 3.05) is 13.7 Å². The minimum atomic E-state index is -0.618. The fourth-order valence-corrected chi connectivity index (χ4v) is 2.32. The Kier molecular flexibility index (Phi) is 6.16. The maximum Gasteiger partial charge on any atom is 0.255 e. The fourth-order valence-electron chi connectivity index (χ4n) is 2.32. The third kappa shape index (κ3) is 4.72. The summed E-state index contributed by atoms with van der Waals surface area (Å²) in [7, 11) is 1.42. The van der Waals surface area contributed by atoms with Crippen molar-refractivity contribution in [1.82, 2.24) is 5.32 Å². The number of hydrogen-bond donors (Lipinski definition) is 2. The number of rotatable bonds is 7. The molecule has 26 heavy (non-hydrogen) atoms.